The molecule has 3 heterocycles. The van der Waals surface area contributed by atoms with E-state index in [1.54, 1.807) is 13.0 Å². The average Bonchev–Trinajstić information content (AvgIpc) is 3.28. The highest BCUT2D eigenvalue weighted by atomic mass is 32.2. The van der Waals surface area contributed by atoms with Crippen LogP contribution in [0.2, 0.25) is 0 Å². The minimum atomic E-state index is -3.90. The number of nitrogens with zero attached hydrogens (tertiary/aromatic N) is 3. The van der Waals surface area contributed by atoms with Gasteiger partial charge in [-0.1, -0.05) is 53.2 Å². The van der Waals surface area contributed by atoms with Gasteiger partial charge in [-0.25, -0.2) is 8.42 Å². The van der Waals surface area contributed by atoms with Gasteiger partial charge in [-0.2, -0.15) is 4.31 Å². The van der Waals surface area contributed by atoms with Gasteiger partial charge in [0.1, 0.15) is 5.69 Å². The number of aryl methyl sites for hydroxylation is 4. The SMILES string of the molecule is Cc1cc(C)c(/C=C/c2onc(C)c2S(=O)(=O)N2CCCC(C(=O)N3CCc4ccccc4C3)C2)c(C)c1. The zero-order valence-corrected chi connectivity index (χ0v) is 23.3. The molecule has 3 aromatic rings. The van der Waals surface area contributed by atoms with Crippen LogP contribution in [0, 0.1) is 33.6 Å². The van der Waals surface area contributed by atoms with E-state index in [-0.39, 0.29) is 29.0 Å². The lowest BCUT2D eigenvalue weighted by molar-refractivity contribution is -0.137. The third-order valence-electron chi connectivity index (χ3n) is 7.75. The molecule has 0 aliphatic carbocycles. The lowest BCUT2D eigenvalue weighted by Crippen LogP contribution is -2.47. The molecule has 7 nitrogen and oxygen atoms in total. The van der Waals surface area contributed by atoms with Crippen molar-refractivity contribution in [2.24, 2.45) is 5.92 Å². The third kappa shape index (κ3) is 5.07. The minimum absolute atomic E-state index is 0.0342. The molecule has 2 aliphatic heterocycles. The summed E-state index contributed by atoms with van der Waals surface area (Å²) in [4.78, 5) is 15.4. The molecule has 0 saturated carbocycles. The van der Waals surface area contributed by atoms with Crippen LogP contribution in [0.1, 0.15) is 57.7 Å². The maximum absolute atomic E-state index is 13.9. The lowest BCUT2D eigenvalue weighted by atomic mass is 9.95. The molecule has 0 radical (unpaired) electrons. The Bertz CT molecular complexity index is 1480. The summed E-state index contributed by atoms with van der Waals surface area (Å²) >= 11 is 0. The fourth-order valence-corrected chi connectivity index (χ4v) is 7.62. The molecule has 2 aliphatic rings. The van der Waals surface area contributed by atoms with E-state index in [2.05, 4.69) is 36.3 Å². The van der Waals surface area contributed by atoms with Gasteiger partial charge in [-0.3, -0.25) is 4.79 Å². The number of carbonyl (C=O) groups excluding carboxylic acids is 1. The van der Waals surface area contributed by atoms with Crippen LogP contribution in [-0.2, 0) is 27.8 Å². The van der Waals surface area contributed by atoms with Gasteiger partial charge in [0.2, 0.25) is 15.9 Å². The van der Waals surface area contributed by atoms with Gasteiger partial charge < -0.3 is 9.42 Å². The first kappa shape index (κ1) is 26.4. The van der Waals surface area contributed by atoms with Gasteiger partial charge in [0, 0.05) is 26.2 Å². The third-order valence-corrected chi connectivity index (χ3v) is 9.77. The van der Waals surface area contributed by atoms with Crippen LogP contribution in [0.4, 0.5) is 0 Å². The van der Waals surface area contributed by atoms with Crippen molar-refractivity contribution in [3.63, 3.8) is 0 Å². The first-order valence-electron chi connectivity index (χ1n) is 13.2. The van der Waals surface area contributed by atoms with Crippen molar-refractivity contribution in [3.05, 3.63) is 81.2 Å². The number of hydrogen-bond donors (Lipinski definition) is 0. The van der Waals surface area contributed by atoms with E-state index in [0.717, 1.165) is 23.1 Å². The number of sulfonamides is 1. The van der Waals surface area contributed by atoms with Crippen molar-refractivity contribution in [2.75, 3.05) is 19.6 Å². The Labute approximate surface area is 225 Å². The van der Waals surface area contributed by atoms with E-state index < -0.39 is 10.0 Å². The van der Waals surface area contributed by atoms with E-state index in [9.17, 15) is 13.2 Å². The molecule has 5 rings (SSSR count). The number of piperidine rings is 1. The van der Waals surface area contributed by atoms with Gasteiger partial charge >= 0.3 is 0 Å². The summed E-state index contributed by atoms with van der Waals surface area (Å²) in [6.45, 7) is 9.56. The Balaban J connectivity index is 1.36. The summed E-state index contributed by atoms with van der Waals surface area (Å²) < 4.78 is 34.6. The van der Waals surface area contributed by atoms with E-state index in [0.29, 0.717) is 38.2 Å². The smallest absolute Gasteiger partial charge is 0.248 e. The highest BCUT2D eigenvalue weighted by Gasteiger charge is 2.38. The number of carbonyl (C=O) groups is 1. The van der Waals surface area contributed by atoms with Crippen LogP contribution in [0.5, 0.6) is 0 Å². The van der Waals surface area contributed by atoms with Crippen molar-refractivity contribution >= 4 is 28.1 Å². The van der Waals surface area contributed by atoms with Crippen molar-refractivity contribution in [2.45, 2.75) is 58.4 Å². The van der Waals surface area contributed by atoms with Gasteiger partial charge in [0.25, 0.3) is 0 Å². The molecule has 1 fully saturated rings. The second kappa shape index (κ2) is 10.5. The van der Waals surface area contributed by atoms with Crippen molar-refractivity contribution < 1.29 is 17.7 Å². The Hall–Kier alpha value is -3.23. The standard InChI is InChI=1S/C30H35N3O4S/c1-20-16-21(2)27(22(3)17-20)11-12-28-29(23(4)31-37-28)38(35,36)33-14-7-10-26(19-33)30(34)32-15-13-24-8-5-6-9-25(24)18-32/h5-6,8-9,11-12,16-17,26H,7,10,13-15,18-19H2,1-4H3/b12-11+. The van der Waals surface area contributed by atoms with Crippen LogP contribution >= 0.6 is 0 Å². The van der Waals surface area contributed by atoms with E-state index >= 15 is 0 Å². The van der Waals surface area contributed by atoms with Gasteiger partial charge in [0.15, 0.2) is 10.7 Å². The van der Waals surface area contributed by atoms with Crippen LogP contribution in [0.25, 0.3) is 12.2 Å². The first-order valence-corrected chi connectivity index (χ1v) is 14.7. The van der Waals surface area contributed by atoms with Crippen LogP contribution < -0.4 is 0 Å². The highest BCUT2D eigenvalue weighted by molar-refractivity contribution is 7.89. The van der Waals surface area contributed by atoms with Crippen molar-refractivity contribution in [1.29, 1.82) is 0 Å². The van der Waals surface area contributed by atoms with Gasteiger partial charge in [-0.05, 0) is 80.9 Å². The molecule has 0 N–H and O–H groups in total. The largest absolute Gasteiger partial charge is 0.355 e. The molecule has 38 heavy (non-hydrogen) atoms. The Morgan fingerprint density at radius 1 is 1.03 bits per heavy atom. The molecule has 1 atom stereocenters. The Morgan fingerprint density at radius 3 is 2.47 bits per heavy atom. The monoisotopic (exact) mass is 533 g/mol. The quantitative estimate of drug-likeness (QED) is 0.458. The Kier molecular flexibility index (Phi) is 7.29. The molecule has 0 bridgehead atoms. The summed E-state index contributed by atoms with van der Waals surface area (Å²) in [6, 6.07) is 12.4. The first-order chi connectivity index (χ1) is 18.1. The minimum Gasteiger partial charge on any atom is -0.355 e. The molecule has 200 valence electrons. The van der Waals surface area contributed by atoms with E-state index in [4.69, 9.17) is 4.52 Å². The van der Waals surface area contributed by atoms with Crippen molar-refractivity contribution in [1.82, 2.24) is 14.4 Å². The molecule has 1 aromatic heterocycles. The summed E-state index contributed by atoms with van der Waals surface area (Å²) in [5.74, 6) is -0.115. The number of benzene rings is 2. The number of fused-ring (bicyclic) bond motifs is 1. The van der Waals surface area contributed by atoms with Crippen molar-refractivity contribution in [3.8, 4) is 0 Å². The number of rotatable bonds is 5. The normalized spacial score (nSPS) is 18.6. The van der Waals surface area contributed by atoms with Gasteiger partial charge in [0.05, 0.1) is 5.92 Å². The molecule has 1 amide bonds. The topological polar surface area (TPSA) is 83.7 Å². The summed E-state index contributed by atoms with van der Waals surface area (Å²) in [7, 11) is -3.90. The molecule has 0 spiro atoms. The molecule has 8 heteroatoms. The highest BCUT2D eigenvalue weighted by Crippen LogP contribution is 2.31. The summed E-state index contributed by atoms with van der Waals surface area (Å²) in [5, 5.41) is 3.99. The number of hydrogen-bond acceptors (Lipinski definition) is 5. The second-order valence-corrected chi connectivity index (χ2v) is 12.5. The predicted molar refractivity (Wildman–Crippen MR) is 148 cm³/mol. The zero-order valence-electron chi connectivity index (χ0n) is 22.5. The molecule has 2 aromatic carbocycles. The zero-order chi connectivity index (χ0) is 27.0. The number of amides is 1. The Morgan fingerprint density at radius 2 is 1.74 bits per heavy atom. The maximum atomic E-state index is 13.9. The van der Waals surface area contributed by atoms with Gasteiger partial charge in [-0.15, -0.1) is 0 Å². The van der Waals surface area contributed by atoms with E-state index in [1.165, 1.54) is 21.0 Å². The molecular weight excluding hydrogens is 498 g/mol. The fourth-order valence-electron chi connectivity index (χ4n) is 5.85. The predicted octanol–water partition coefficient (Wildman–Crippen LogP) is 5.06. The van der Waals surface area contributed by atoms with Crippen LogP contribution in [-0.4, -0.2) is 48.3 Å². The molecule has 1 saturated heterocycles. The maximum Gasteiger partial charge on any atom is 0.248 e. The van der Waals surface area contributed by atoms with E-state index in [1.807, 2.05) is 37.0 Å². The fraction of sp³-hybridized carbons (Fsp3) is 0.400. The second-order valence-electron chi connectivity index (χ2n) is 10.6. The van der Waals surface area contributed by atoms with Crippen LogP contribution in [0.15, 0.2) is 45.8 Å². The summed E-state index contributed by atoms with van der Waals surface area (Å²) in [5.41, 5.74) is 7.20. The molecule has 1 unspecified atom stereocenters. The number of aromatic nitrogens is 1. The average molecular weight is 534 g/mol. The lowest BCUT2D eigenvalue weighted by Gasteiger charge is -2.36. The summed E-state index contributed by atoms with van der Waals surface area (Å²) in [6.07, 6.45) is 5.73. The molecular formula is C30H35N3O4S. The van der Waals surface area contributed by atoms with Crippen LogP contribution in [0.3, 0.4) is 0 Å².